The molecular weight excluding hydrogens is 272 g/mol. The molecule has 1 unspecified atom stereocenters. The molecule has 1 aromatic rings. The van der Waals surface area contributed by atoms with Crippen LogP contribution in [-0.4, -0.2) is 36.9 Å². The first kappa shape index (κ1) is 17.0. The standard InChI is InChI=1S/C19H30N2O/c1-14(2)19(22)12-15(3)20-18-7-5-6-17(13-18)16-8-10-21(4)11-9-16/h5-7,13-16,20H,8-12H2,1-4H3. The average Bonchev–Trinajstić information content (AvgIpc) is 2.48. The van der Waals surface area contributed by atoms with Gasteiger partial charge in [0.2, 0.25) is 0 Å². The van der Waals surface area contributed by atoms with Crippen LogP contribution in [0.3, 0.4) is 0 Å². The van der Waals surface area contributed by atoms with Crippen molar-refractivity contribution < 1.29 is 4.79 Å². The number of Topliss-reactive ketones (excluding diaryl/α,β-unsaturated/α-hetero) is 1. The highest BCUT2D eigenvalue weighted by molar-refractivity contribution is 5.81. The van der Waals surface area contributed by atoms with Crippen LogP contribution in [-0.2, 0) is 4.79 Å². The Balaban J connectivity index is 1.95. The van der Waals surface area contributed by atoms with E-state index in [0.29, 0.717) is 18.1 Å². The number of nitrogens with one attached hydrogen (secondary N) is 1. The van der Waals surface area contributed by atoms with E-state index in [9.17, 15) is 4.79 Å². The first-order chi connectivity index (χ1) is 10.5. The van der Waals surface area contributed by atoms with E-state index in [-0.39, 0.29) is 12.0 Å². The Morgan fingerprint density at radius 3 is 2.59 bits per heavy atom. The molecule has 1 heterocycles. The lowest BCUT2D eigenvalue weighted by Crippen LogP contribution is -2.29. The topological polar surface area (TPSA) is 32.3 Å². The molecule has 1 aromatic carbocycles. The van der Waals surface area contributed by atoms with Gasteiger partial charge in [-0.15, -0.1) is 0 Å². The van der Waals surface area contributed by atoms with Gasteiger partial charge < -0.3 is 10.2 Å². The molecule has 1 aliphatic rings. The van der Waals surface area contributed by atoms with Crippen LogP contribution in [0.4, 0.5) is 5.69 Å². The van der Waals surface area contributed by atoms with Gasteiger partial charge in [-0.3, -0.25) is 4.79 Å². The Bertz CT molecular complexity index is 490. The number of benzene rings is 1. The monoisotopic (exact) mass is 302 g/mol. The van der Waals surface area contributed by atoms with Crippen LogP contribution in [0.1, 0.15) is 51.5 Å². The first-order valence-corrected chi connectivity index (χ1v) is 8.53. The number of piperidine rings is 1. The van der Waals surface area contributed by atoms with Gasteiger partial charge in [0.1, 0.15) is 5.78 Å². The second kappa shape index (κ2) is 7.77. The Hall–Kier alpha value is -1.35. The second-order valence-electron chi connectivity index (χ2n) is 7.07. The number of anilines is 1. The fourth-order valence-electron chi connectivity index (χ4n) is 3.10. The van der Waals surface area contributed by atoms with Gasteiger partial charge in [-0.1, -0.05) is 26.0 Å². The molecule has 1 atom stereocenters. The zero-order valence-corrected chi connectivity index (χ0v) is 14.4. The lowest BCUT2D eigenvalue weighted by Gasteiger charge is -2.29. The molecule has 0 saturated carbocycles. The number of rotatable bonds is 6. The van der Waals surface area contributed by atoms with Crippen molar-refractivity contribution in [3.05, 3.63) is 29.8 Å². The molecule has 0 amide bonds. The fourth-order valence-corrected chi connectivity index (χ4v) is 3.10. The molecule has 3 heteroatoms. The van der Waals surface area contributed by atoms with E-state index in [0.717, 1.165) is 5.69 Å². The number of carbonyl (C=O) groups is 1. The predicted octanol–water partition coefficient (Wildman–Crippen LogP) is 3.91. The molecule has 0 aliphatic carbocycles. The first-order valence-electron chi connectivity index (χ1n) is 8.53. The van der Waals surface area contributed by atoms with Gasteiger partial charge in [-0.2, -0.15) is 0 Å². The van der Waals surface area contributed by atoms with Crippen LogP contribution in [0.25, 0.3) is 0 Å². The van der Waals surface area contributed by atoms with Gasteiger partial charge in [0.25, 0.3) is 0 Å². The van der Waals surface area contributed by atoms with E-state index in [1.165, 1.54) is 31.5 Å². The van der Waals surface area contributed by atoms with Gasteiger partial charge in [0.15, 0.2) is 0 Å². The predicted molar refractivity (Wildman–Crippen MR) is 93.5 cm³/mol. The smallest absolute Gasteiger partial charge is 0.137 e. The average molecular weight is 302 g/mol. The van der Waals surface area contributed by atoms with E-state index in [2.05, 4.69) is 48.5 Å². The number of likely N-dealkylation sites (tertiary alicyclic amines) is 1. The quantitative estimate of drug-likeness (QED) is 0.864. The Morgan fingerprint density at radius 1 is 1.27 bits per heavy atom. The number of ketones is 1. The summed E-state index contributed by atoms with van der Waals surface area (Å²) in [6.07, 6.45) is 3.07. The van der Waals surface area contributed by atoms with Gasteiger partial charge >= 0.3 is 0 Å². The molecule has 0 aromatic heterocycles. The van der Waals surface area contributed by atoms with E-state index >= 15 is 0 Å². The number of nitrogens with zero attached hydrogens (tertiary/aromatic N) is 1. The van der Waals surface area contributed by atoms with Crippen molar-refractivity contribution in [2.24, 2.45) is 5.92 Å². The highest BCUT2D eigenvalue weighted by Gasteiger charge is 2.19. The summed E-state index contributed by atoms with van der Waals surface area (Å²) in [6, 6.07) is 8.93. The third-order valence-electron chi connectivity index (χ3n) is 4.64. The van der Waals surface area contributed by atoms with Gasteiger partial charge in [-0.25, -0.2) is 0 Å². The Morgan fingerprint density at radius 2 is 1.95 bits per heavy atom. The lowest BCUT2D eigenvalue weighted by molar-refractivity contribution is -0.122. The van der Waals surface area contributed by atoms with Crippen molar-refractivity contribution in [2.45, 2.75) is 52.0 Å². The zero-order chi connectivity index (χ0) is 16.1. The van der Waals surface area contributed by atoms with Crippen LogP contribution in [0.2, 0.25) is 0 Å². The van der Waals surface area contributed by atoms with Crippen molar-refractivity contribution in [2.75, 3.05) is 25.5 Å². The summed E-state index contributed by atoms with van der Waals surface area (Å²) in [5, 5.41) is 3.48. The third-order valence-corrected chi connectivity index (χ3v) is 4.64. The third kappa shape index (κ3) is 4.84. The summed E-state index contributed by atoms with van der Waals surface area (Å²) in [5.41, 5.74) is 2.57. The number of carbonyl (C=O) groups excluding carboxylic acids is 1. The summed E-state index contributed by atoms with van der Waals surface area (Å²) < 4.78 is 0. The molecular formula is C19H30N2O. The van der Waals surface area contributed by atoms with E-state index in [4.69, 9.17) is 0 Å². The molecule has 22 heavy (non-hydrogen) atoms. The van der Waals surface area contributed by atoms with Crippen molar-refractivity contribution in [1.82, 2.24) is 4.90 Å². The number of hydrogen-bond donors (Lipinski definition) is 1. The van der Waals surface area contributed by atoms with Crippen LogP contribution < -0.4 is 5.32 Å². The minimum absolute atomic E-state index is 0.120. The molecule has 2 rings (SSSR count). The van der Waals surface area contributed by atoms with E-state index < -0.39 is 0 Å². The molecule has 0 spiro atoms. The molecule has 0 radical (unpaired) electrons. The Kier molecular flexibility index (Phi) is 6.01. The number of hydrogen-bond acceptors (Lipinski definition) is 3. The Labute approximate surface area is 135 Å². The molecule has 1 aliphatic heterocycles. The summed E-state index contributed by atoms with van der Waals surface area (Å²) in [5.74, 6) is 1.12. The fraction of sp³-hybridized carbons (Fsp3) is 0.632. The van der Waals surface area contributed by atoms with E-state index in [1.54, 1.807) is 0 Å². The van der Waals surface area contributed by atoms with Crippen LogP contribution in [0, 0.1) is 5.92 Å². The molecule has 1 N–H and O–H groups in total. The SMILES string of the molecule is CC(CC(=O)C(C)C)Nc1cccc(C2CCN(C)CC2)c1. The molecule has 1 saturated heterocycles. The van der Waals surface area contributed by atoms with Gasteiger partial charge in [0, 0.05) is 24.1 Å². The van der Waals surface area contributed by atoms with Crippen molar-refractivity contribution >= 4 is 11.5 Å². The van der Waals surface area contributed by atoms with Crippen LogP contribution in [0.5, 0.6) is 0 Å². The van der Waals surface area contributed by atoms with Crippen molar-refractivity contribution in [3.63, 3.8) is 0 Å². The summed E-state index contributed by atoms with van der Waals surface area (Å²) >= 11 is 0. The summed E-state index contributed by atoms with van der Waals surface area (Å²) in [4.78, 5) is 14.2. The zero-order valence-electron chi connectivity index (χ0n) is 14.4. The largest absolute Gasteiger partial charge is 0.382 e. The maximum absolute atomic E-state index is 11.8. The normalized spacial score (nSPS) is 18.4. The maximum Gasteiger partial charge on any atom is 0.137 e. The highest BCUT2D eigenvalue weighted by Crippen LogP contribution is 2.29. The minimum Gasteiger partial charge on any atom is -0.382 e. The maximum atomic E-state index is 11.8. The summed E-state index contributed by atoms with van der Waals surface area (Å²) in [7, 11) is 2.20. The van der Waals surface area contributed by atoms with Crippen molar-refractivity contribution in [3.8, 4) is 0 Å². The van der Waals surface area contributed by atoms with Gasteiger partial charge in [0.05, 0.1) is 0 Å². The van der Waals surface area contributed by atoms with Crippen molar-refractivity contribution in [1.29, 1.82) is 0 Å². The molecule has 3 nitrogen and oxygen atoms in total. The lowest BCUT2D eigenvalue weighted by atomic mass is 9.89. The van der Waals surface area contributed by atoms with Crippen LogP contribution in [0.15, 0.2) is 24.3 Å². The molecule has 1 fully saturated rings. The molecule has 122 valence electrons. The van der Waals surface area contributed by atoms with Gasteiger partial charge in [-0.05, 0) is 63.5 Å². The second-order valence-corrected chi connectivity index (χ2v) is 7.07. The molecule has 0 bridgehead atoms. The highest BCUT2D eigenvalue weighted by atomic mass is 16.1. The van der Waals surface area contributed by atoms with Crippen LogP contribution >= 0.6 is 0 Å². The van der Waals surface area contributed by atoms with E-state index in [1.807, 2.05) is 13.8 Å². The minimum atomic E-state index is 0.120. The summed E-state index contributed by atoms with van der Waals surface area (Å²) in [6.45, 7) is 8.39.